The highest BCUT2D eigenvalue weighted by Gasteiger charge is 2.21. The molecule has 1 rings (SSSR count). The van der Waals surface area contributed by atoms with E-state index in [1.165, 1.54) is 0 Å². The van der Waals surface area contributed by atoms with Crippen LogP contribution in [0, 0.1) is 0 Å². The van der Waals surface area contributed by atoms with Crippen molar-refractivity contribution < 1.29 is 9.63 Å². The van der Waals surface area contributed by atoms with Crippen LogP contribution in [0.4, 0.5) is 0 Å². The quantitative estimate of drug-likeness (QED) is 0.577. The summed E-state index contributed by atoms with van der Waals surface area (Å²) in [7, 11) is 0. The van der Waals surface area contributed by atoms with Crippen molar-refractivity contribution in [3.05, 3.63) is 0 Å². The van der Waals surface area contributed by atoms with E-state index in [1.54, 1.807) is 0 Å². The lowest BCUT2D eigenvalue weighted by Crippen LogP contribution is -2.33. The molecular formula is C6H9N2O2. The fourth-order valence-corrected chi connectivity index (χ4v) is 0.687. The van der Waals surface area contributed by atoms with E-state index < -0.39 is 6.10 Å². The Hall–Kier alpha value is -1.06. The molecule has 0 saturated heterocycles. The average molecular weight is 141 g/mol. The molecule has 1 aliphatic heterocycles. The number of nitrogens with one attached hydrogen (secondary N) is 1. The van der Waals surface area contributed by atoms with Gasteiger partial charge in [0.05, 0.1) is 0 Å². The molecule has 1 atom stereocenters. The Balaban J connectivity index is 2.28. The molecule has 1 amide bonds. The van der Waals surface area contributed by atoms with Gasteiger partial charge >= 0.3 is 0 Å². The van der Waals surface area contributed by atoms with Gasteiger partial charge in [-0.2, -0.15) is 0 Å². The van der Waals surface area contributed by atoms with E-state index in [1.807, 2.05) is 6.92 Å². The van der Waals surface area contributed by atoms with Crippen LogP contribution in [0.2, 0.25) is 0 Å². The molecule has 0 aromatic carbocycles. The molecule has 0 aromatic heterocycles. The molecule has 0 aromatic rings. The fraction of sp³-hybridized carbons (Fsp3) is 0.667. The summed E-state index contributed by atoms with van der Waals surface area (Å²) in [6.07, 6.45) is 2.57. The van der Waals surface area contributed by atoms with Crippen LogP contribution in [-0.2, 0) is 9.63 Å². The standard InChI is InChI=1S/C6H9N2O2/c1-2-7-6(9)5-3-4-8-10-5/h5H,2-3H2,1H3,(H,7,9). The predicted octanol–water partition coefficient (Wildman–Crippen LogP) is -0.226. The number of amides is 1. The Bertz CT molecular complexity index is 148. The summed E-state index contributed by atoms with van der Waals surface area (Å²) in [5.41, 5.74) is 0. The van der Waals surface area contributed by atoms with Crippen LogP contribution in [0.25, 0.3) is 0 Å². The summed E-state index contributed by atoms with van der Waals surface area (Å²) in [5, 5.41) is 5.98. The maximum atomic E-state index is 10.9. The zero-order valence-electron chi connectivity index (χ0n) is 5.76. The van der Waals surface area contributed by atoms with Gasteiger partial charge in [0.15, 0.2) is 0 Å². The molecule has 1 heterocycles. The van der Waals surface area contributed by atoms with Crippen LogP contribution in [0.5, 0.6) is 0 Å². The molecule has 1 N–H and O–H groups in total. The maximum Gasteiger partial charge on any atom is 0.264 e. The van der Waals surface area contributed by atoms with Crippen LogP contribution in [0.1, 0.15) is 13.3 Å². The first kappa shape index (κ1) is 7.05. The summed E-state index contributed by atoms with van der Waals surface area (Å²) in [5.74, 6) is -0.115. The van der Waals surface area contributed by atoms with Crippen molar-refractivity contribution in [3.8, 4) is 0 Å². The minimum atomic E-state index is -0.444. The molecule has 1 unspecified atom stereocenters. The van der Waals surface area contributed by atoms with E-state index in [0.29, 0.717) is 13.0 Å². The zero-order chi connectivity index (χ0) is 7.40. The smallest absolute Gasteiger partial charge is 0.264 e. The summed E-state index contributed by atoms with van der Waals surface area (Å²) in [6.45, 7) is 2.48. The Labute approximate surface area is 59.2 Å². The molecule has 4 heteroatoms. The highest BCUT2D eigenvalue weighted by Crippen LogP contribution is 2.03. The number of hydrogen-bond donors (Lipinski definition) is 1. The number of nitrogens with zero attached hydrogens (tertiary/aromatic N) is 1. The van der Waals surface area contributed by atoms with E-state index in [4.69, 9.17) is 0 Å². The third-order valence-corrected chi connectivity index (χ3v) is 1.16. The minimum Gasteiger partial charge on any atom is -0.382 e. The molecule has 0 bridgehead atoms. The number of carbonyl (C=O) groups excluding carboxylic acids is 1. The summed E-state index contributed by atoms with van der Waals surface area (Å²) in [6, 6.07) is 0. The third-order valence-electron chi connectivity index (χ3n) is 1.16. The van der Waals surface area contributed by atoms with Gasteiger partial charge in [0.1, 0.15) is 6.21 Å². The van der Waals surface area contributed by atoms with E-state index in [0.717, 1.165) is 0 Å². The molecule has 0 aliphatic carbocycles. The van der Waals surface area contributed by atoms with Crippen LogP contribution in [-0.4, -0.2) is 24.8 Å². The first-order valence-electron chi connectivity index (χ1n) is 3.21. The zero-order valence-corrected chi connectivity index (χ0v) is 5.76. The first-order chi connectivity index (χ1) is 4.84. The highest BCUT2D eigenvalue weighted by molar-refractivity contribution is 5.84. The third kappa shape index (κ3) is 1.46. The highest BCUT2D eigenvalue weighted by atomic mass is 16.6. The van der Waals surface area contributed by atoms with Gasteiger partial charge in [0.2, 0.25) is 6.10 Å². The van der Waals surface area contributed by atoms with Crippen LogP contribution in [0.3, 0.4) is 0 Å². The Morgan fingerprint density at radius 3 is 3.30 bits per heavy atom. The molecule has 55 valence electrons. The van der Waals surface area contributed by atoms with Crippen LogP contribution < -0.4 is 5.32 Å². The average Bonchev–Trinajstić information content (AvgIpc) is 2.38. The van der Waals surface area contributed by atoms with Crippen molar-refractivity contribution in [2.24, 2.45) is 5.16 Å². The van der Waals surface area contributed by atoms with Gasteiger partial charge < -0.3 is 10.2 Å². The lowest BCUT2D eigenvalue weighted by atomic mass is 10.2. The van der Waals surface area contributed by atoms with Crippen LogP contribution in [0.15, 0.2) is 5.16 Å². The summed E-state index contributed by atoms with van der Waals surface area (Å²) >= 11 is 0. The van der Waals surface area contributed by atoms with Gasteiger partial charge in [-0.15, -0.1) is 0 Å². The second-order valence-corrected chi connectivity index (χ2v) is 1.94. The Morgan fingerprint density at radius 1 is 2.00 bits per heavy atom. The van der Waals surface area contributed by atoms with Crippen molar-refractivity contribution in [1.82, 2.24) is 5.32 Å². The monoisotopic (exact) mass is 141 g/mol. The SMILES string of the molecule is CCNC(=O)C1C[C]=NO1. The molecular weight excluding hydrogens is 132 g/mol. The largest absolute Gasteiger partial charge is 0.382 e. The van der Waals surface area contributed by atoms with Gasteiger partial charge in [-0.25, -0.2) is 0 Å². The molecule has 1 radical (unpaired) electrons. The summed E-state index contributed by atoms with van der Waals surface area (Å²) in [4.78, 5) is 15.6. The van der Waals surface area contributed by atoms with Crippen molar-refractivity contribution in [2.75, 3.05) is 6.54 Å². The maximum absolute atomic E-state index is 10.9. The predicted molar refractivity (Wildman–Crippen MR) is 35.6 cm³/mol. The first-order valence-corrected chi connectivity index (χ1v) is 3.21. The molecule has 4 nitrogen and oxygen atoms in total. The number of carbonyl (C=O) groups is 1. The molecule has 10 heavy (non-hydrogen) atoms. The van der Waals surface area contributed by atoms with E-state index in [2.05, 4.69) is 21.5 Å². The van der Waals surface area contributed by atoms with Crippen LogP contribution >= 0.6 is 0 Å². The fourth-order valence-electron chi connectivity index (χ4n) is 0.687. The topological polar surface area (TPSA) is 50.7 Å². The van der Waals surface area contributed by atoms with E-state index in [9.17, 15) is 4.79 Å². The number of rotatable bonds is 2. The lowest BCUT2D eigenvalue weighted by Gasteiger charge is -2.05. The van der Waals surface area contributed by atoms with Crippen molar-refractivity contribution in [2.45, 2.75) is 19.4 Å². The Kier molecular flexibility index (Phi) is 2.25. The Morgan fingerprint density at radius 2 is 2.80 bits per heavy atom. The van der Waals surface area contributed by atoms with Gasteiger partial charge in [-0.3, -0.25) is 4.79 Å². The molecule has 0 fully saturated rings. The molecule has 1 aliphatic rings. The molecule has 0 saturated carbocycles. The lowest BCUT2D eigenvalue weighted by molar-refractivity contribution is -0.131. The minimum absolute atomic E-state index is 0.115. The second kappa shape index (κ2) is 3.20. The van der Waals surface area contributed by atoms with Crippen molar-refractivity contribution in [1.29, 1.82) is 0 Å². The van der Waals surface area contributed by atoms with Gasteiger partial charge in [-0.1, -0.05) is 5.16 Å². The number of likely N-dealkylation sites (N-methyl/N-ethyl adjacent to an activating group) is 1. The number of hydrogen-bond acceptors (Lipinski definition) is 3. The van der Waals surface area contributed by atoms with Crippen molar-refractivity contribution >= 4 is 12.1 Å². The second-order valence-electron chi connectivity index (χ2n) is 1.94. The van der Waals surface area contributed by atoms with Crippen molar-refractivity contribution in [3.63, 3.8) is 0 Å². The van der Waals surface area contributed by atoms with E-state index >= 15 is 0 Å². The van der Waals surface area contributed by atoms with Gasteiger partial charge in [0.25, 0.3) is 5.91 Å². The van der Waals surface area contributed by atoms with E-state index in [-0.39, 0.29) is 5.91 Å². The van der Waals surface area contributed by atoms with Gasteiger partial charge in [-0.05, 0) is 6.92 Å². The van der Waals surface area contributed by atoms with Gasteiger partial charge in [0, 0.05) is 13.0 Å². The normalized spacial score (nSPS) is 22.3. The molecule has 0 spiro atoms. The summed E-state index contributed by atoms with van der Waals surface area (Å²) < 4.78 is 0.